The van der Waals surface area contributed by atoms with E-state index in [0.29, 0.717) is 12.8 Å². The molecule has 1 rings (SSSR count). The Morgan fingerprint density at radius 3 is 1.80 bits per heavy atom. The molecule has 1 heterocycles. The molecule has 6 atom stereocenters. The molecule has 0 aromatic heterocycles. The van der Waals surface area contributed by atoms with Gasteiger partial charge < -0.3 is 44.1 Å². The van der Waals surface area contributed by atoms with Crippen LogP contribution in [0.5, 0.6) is 0 Å². The average Bonchev–Trinajstić information content (AvgIpc) is 3.19. The van der Waals surface area contributed by atoms with Gasteiger partial charge in [-0.3, -0.25) is 9.59 Å². The summed E-state index contributed by atoms with van der Waals surface area (Å²) in [7, 11) is 0. The quantitative estimate of drug-likeness (QED) is 0.0167. The van der Waals surface area contributed by atoms with Crippen molar-refractivity contribution in [1.82, 2.24) is 0 Å². The van der Waals surface area contributed by atoms with Crippen LogP contribution in [0.15, 0.2) is 85.4 Å². The lowest BCUT2D eigenvalue weighted by Gasteiger charge is -2.39. The second-order valence-corrected chi connectivity index (χ2v) is 13.8. The zero-order valence-electron chi connectivity index (χ0n) is 34.0. The van der Waals surface area contributed by atoms with Crippen molar-refractivity contribution in [2.45, 2.75) is 166 Å². The van der Waals surface area contributed by atoms with E-state index in [9.17, 15) is 30.0 Å². The fraction of sp³-hybridized carbons (Fsp3) is 0.644. The first-order valence-corrected chi connectivity index (χ1v) is 20.8. The Hall–Kier alpha value is -3.32. The van der Waals surface area contributed by atoms with Crippen LogP contribution in [0.3, 0.4) is 0 Å². The lowest BCUT2D eigenvalue weighted by Crippen LogP contribution is -2.59. The van der Waals surface area contributed by atoms with E-state index in [1.165, 1.54) is 0 Å². The molecule has 4 N–H and O–H groups in total. The van der Waals surface area contributed by atoms with Gasteiger partial charge in [-0.1, -0.05) is 113 Å². The van der Waals surface area contributed by atoms with Gasteiger partial charge in [0.05, 0.1) is 25.7 Å². The van der Waals surface area contributed by atoms with Crippen molar-refractivity contribution >= 4 is 11.9 Å². The number of unbranched alkanes of at least 4 members (excludes halogenated alkanes) is 10. The number of hydrogen-bond acceptors (Lipinski definition) is 11. The van der Waals surface area contributed by atoms with E-state index in [2.05, 4.69) is 56.4 Å². The third-order valence-corrected chi connectivity index (χ3v) is 8.85. The Bertz CT molecular complexity index is 1190. The summed E-state index contributed by atoms with van der Waals surface area (Å²) in [6.07, 6.45) is 35.6. The largest absolute Gasteiger partial charge is 0.473 e. The molecule has 0 spiro atoms. The first-order chi connectivity index (χ1) is 27.3. The molecule has 11 nitrogen and oxygen atoms in total. The lowest BCUT2D eigenvalue weighted by atomic mass is 9.99. The van der Waals surface area contributed by atoms with E-state index < -0.39 is 55.4 Å². The monoisotopic (exact) mass is 789 g/mol. The summed E-state index contributed by atoms with van der Waals surface area (Å²) in [5, 5.41) is 40.0. The molecular weight excluding hydrogens is 716 g/mol. The van der Waals surface area contributed by atoms with Gasteiger partial charge >= 0.3 is 11.9 Å². The van der Waals surface area contributed by atoms with Crippen LogP contribution >= 0.6 is 0 Å². The van der Waals surface area contributed by atoms with E-state index >= 15 is 0 Å². The number of carbonyl (C=O) groups is 2. The minimum absolute atomic E-state index is 0.182. The highest BCUT2D eigenvalue weighted by molar-refractivity contribution is 5.70. The third kappa shape index (κ3) is 27.3. The smallest absolute Gasteiger partial charge is 0.306 e. The predicted molar refractivity (Wildman–Crippen MR) is 220 cm³/mol. The second kappa shape index (κ2) is 36.0. The molecule has 0 aromatic carbocycles. The van der Waals surface area contributed by atoms with E-state index in [-0.39, 0.29) is 26.1 Å². The van der Waals surface area contributed by atoms with Crippen molar-refractivity contribution in [3.63, 3.8) is 0 Å². The number of hydrogen-bond donors (Lipinski definition) is 4. The number of carbonyl (C=O) groups excluding carboxylic acids is 2. The standard InChI is InChI=1S/C45H72O11/c1-3-5-7-9-10-11-12-13-14-15-16-18-21-24-27-31-40(47)53-36-38(37-54-45-44(51)43(50)42(49)39(35-46)56-45)55-41(48)32-28-25-22-19-17-20-23-26-30-34-52-33-29-8-6-4-2/h5-8,10-11,13-14,23,26,29-30,33-34,38-39,42-46,49-51H,3-4,9,12,15-22,24-25,27-28,31-32,35-37H2,1-2H3/b7-5-,8-6-,11-10-,14-13-,26-23-,33-29-,34-30+/t38-,39-,42+,43+,44-,45-/m1/s1. The van der Waals surface area contributed by atoms with Crippen LogP contribution in [0, 0.1) is 0 Å². The normalized spacial score (nSPS) is 21.2. The van der Waals surface area contributed by atoms with Crippen LogP contribution < -0.4 is 0 Å². The highest BCUT2D eigenvalue weighted by atomic mass is 16.7. The number of aliphatic hydroxyl groups excluding tert-OH is 4. The molecule has 0 unspecified atom stereocenters. The van der Waals surface area contributed by atoms with Crippen molar-refractivity contribution in [2.24, 2.45) is 0 Å². The number of rotatable bonds is 33. The summed E-state index contributed by atoms with van der Waals surface area (Å²) in [5.74, 6) is -0.880. The van der Waals surface area contributed by atoms with E-state index in [0.717, 1.165) is 89.9 Å². The first kappa shape index (κ1) is 50.7. The molecule has 318 valence electrons. The van der Waals surface area contributed by atoms with Gasteiger partial charge in [-0.05, 0) is 76.4 Å². The molecule has 1 aliphatic rings. The van der Waals surface area contributed by atoms with Crippen LogP contribution in [0.25, 0.3) is 0 Å². The van der Waals surface area contributed by atoms with Crippen molar-refractivity contribution in [2.75, 3.05) is 19.8 Å². The Morgan fingerprint density at radius 1 is 0.607 bits per heavy atom. The highest BCUT2D eigenvalue weighted by Gasteiger charge is 2.44. The van der Waals surface area contributed by atoms with Gasteiger partial charge in [0, 0.05) is 12.8 Å². The van der Waals surface area contributed by atoms with E-state index in [4.69, 9.17) is 23.7 Å². The van der Waals surface area contributed by atoms with Gasteiger partial charge in [0.25, 0.3) is 0 Å². The van der Waals surface area contributed by atoms with Crippen molar-refractivity contribution < 1.29 is 53.7 Å². The van der Waals surface area contributed by atoms with Gasteiger partial charge in [0.1, 0.15) is 31.0 Å². The van der Waals surface area contributed by atoms with E-state index in [1.807, 2.05) is 30.4 Å². The zero-order valence-corrected chi connectivity index (χ0v) is 34.0. The summed E-state index contributed by atoms with van der Waals surface area (Å²) in [4.78, 5) is 25.3. The molecular formula is C45H72O11. The average molecular weight is 789 g/mol. The molecule has 56 heavy (non-hydrogen) atoms. The molecule has 0 saturated carbocycles. The zero-order chi connectivity index (χ0) is 40.9. The van der Waals surface area contributed by atoms with E-state index in [1.54, 1.807) is 12.5 Å². The molecule has 0 amide bonds. The van der Waals surface area contributed by atoms with Crippen LogP contribution in [-0.4, -0.2) is 89.0 Å². The minimum Gasteiger partial charge on any atom is -0.473 e. The molecule has 1 saturated heterocycles. The maximum atomic E-state index is 12.7. The Morgan fingerprint density at radius 2 is 1.16 bits per heavy atom. The second-order valence-electron chi connectivity index (χ2n) is 13.8. The molecule has 11 heteroatoms. The summed E-state index contributed by atoms with van der Waals surface area (Å²) in [5.41, 5.74) is 0. The van der Waals surface area contributed by atoms with Crippen molar-refractivity contribution in [3.05, 3.63) is 85.4 Å². The van der Waals surface area contributed by atoms with Crippen LogP contribution in [0.4, 0.5) is 0 Å². The van der Waals surface area contributed by atoms with Gasteiger partial charge in [-0.15, -0.1) is 0 Å². The van der Waals surface area contributed by atoms with Gasteiger partial charge in [-0.2, -0.15) is 0 Å². The molecule has 0 bridgehead atoms. The summed E-state index contributed by atoms with van der Waals surface area (Å²) in [6.45, 7) is 3.05. The topological polar surface area (TPSA) is 161 Å². The number of allylic oxidation sites excluding steroid dienone is 12. The minimum atomic E-state index is -1.61. The fourth-order valence-corrected chi connectivity index (χ4v) is 5.59. The van der Waals surface area contributed by atoms with Crippen LogP contribution in [-0.2, 0) is 33.3 Å². The third-order valence-electron chi connectivity index (χ3n) is 8.85. The summed E-state index contributed by atoms with van der Waals surface area (Å²) < 4.78 is 27.3. The Kier molecular flexibility index (Phi) is 32.6. The van der Waals surface area contributed by atoms with Crippen molar-refractivity contribution in [3.8, 4) is 0 Å². The number of ether oxygens (including phenoxy) is 5. The van der Waals surface area contributed by atoms with Gasteiger partial charge in [0.15, 0.2) is 12.4 Å². The Labute approximate surface area is 336 Å². The van der Waals surface area contributed by atoms with Crippen LogP contribution in [0.2, 0.25) is 0 Å². The number of esters is 2. The lowest BCUT2D eigenvalue weighted by molar-refractivity contribution is -0.305. The van der Waals surface area contributed by atoms with Gasteiger partial charge in [-0.25, -0.2) is 0 Å². The first-order valence-electron chi connectivity index (χ1n) is 20.8. The summed E-state index contributed by atoms with van der Waals surface area (Å²) in [6, 6.07) is 0. The summed E-state index contributed by atoms with van der Waals surface area (Å²) >= 11 is 0. The van der Waals surface area contributed by atoms with Crippen molar-refractivity contribution in [1.29, 1.82) is 0 Å². The SMILES string of the molecule is CC/C=C\C=C/O/C=C/C=C\CCCCCCCC(=O)O[C@H](COC(=O)CCCCCCC/C=C\C/C=C\C/C=C\CC)CO[C@@H]1O[C@H](CO)[C@H](O)[C@H](O)[C@H]1O. The molecule has 0 aliphatic carbocycles. The molecule has 1 aliphatic heterocycles. The Balaban J connectivity index is 2.40. The number of aliphatic hydroxyl groups is 4. The fourth-order valence-electron chi connectivity index (χ4n) is 5.59. The maximum absolute atomic E-state index is 12.7. The molecule has 1 fully saturated rings. The molecule has 0 aromatic rings. The maximum Gasteiger partial charge on any atom is 0.306 e. The van der Waals surface area contributed by atoms with Gasteiger partial charge in [0.2, 0.25) is 0 Å². The predicted octanol–water partition coefficient (Wildman–Crippen LogP) is 8.14. The molecule has 0 radical (unpaired) electrons. The highest BCUT2D eigenvalue weighted by Crippen LogP contribution is 2.22. The van der Waals surface area contributed by atoms with Crippen LogP contribution in [0.1, 0.15) is 129 Å².